The van der Waals surface area contributed by atoms with Crippen molar-refractivity contribution in [2.75, 3.05) is 25.2 Å². The van der Waals surface area contributed by atoms with Gasteiger partial charge in [0.05, 0.1) is 18.8 Å². The van der Waals surface area contributed by atoms with Crippen LogP contribution in [0.1, 0.15) is 13.8 Å². The number of benzene rings is 1. The van der Waals surface area contributed by atoms with E-state index < -0.39 is 5.97 Å². The second-order valence-electron chi connectivity index (χ2n) is 4.25. The summed E-state index contributed by atoms with van der Waals surface area (Å²) < 4.78 is 10.1. The fourth-order valence-electron chi connectivity index (χ4n) is 1.60. The minimum atomic E-state index is -0.633. The summed E-state index contributed by atoms with van der Waals surface area (Å²) in [5, 5.41) is 9.88. The lowest BCUT2D eigenvalue weighted by atomic mass is 10.2. The molecule has 1 rings (SSSR count). The highest BCUT2D eigenvalue weighted by Crippen LogP contribution is 2.20. The number of carbonyl (C=O) groups excluding carboxylic acids is 1. The maximum Gasteiger partial charge on any atom is 0.341 e. The highest BCUT2D eigenvalue weighted by atomic mass is 16.5. The second-order valence-corrected chi connectivity index (χ2v) is 4.25. The van der Waals surface area contributed by atoms with Gasteiger partial charge >= 0.3 is 5.97 Å². The molecule has 0 unspecified atom stereocenters. The second kappa shape index (κ2) is 7.99. The molecule has 1 aromatic carbocycles. The highest BCUT2D eigenvalue weighted by Gasteiger charge is 2.13. The molecule has 0 radical (unpaired) electrons. The molecular formula is C16H21NO4. The van der Waals surface area contributed by atoms with E-state index in [9.17, 15) is 9.90 Å². The molecule has 0 amide bonds. The van der Waals surface area contributed by atoms with Gasteiger partial charge in [-0.05, 0) is 38.1 Å². The van der Waals surface area contributed by atoms with Crippen molar-refractivity contribution in [1.29, 1.82) is 0 Å². The van der Waals surface area contributed by atoms with Crippen LogP contribution in [0.4, 0.5) is 5.69 Å². The fourth-order valence-corrected chi connectivity index (χ4v) is 1.60. The van der Waals surface area contributed by atoms with E-state index in [1.807, 2.05) is 31.2 Å². The van der Waals surface area contributed by atoms with E-state index in [2.05, 4.69) is 6.58 Å². The number of anilines is 1. The molecule has 0 saturated carbocycles. The molecule has 0 atom stereocenters. The fraction of sp³-hybridized carbons (Fsp3) is 0.312. The predicted octanol–water partition coefficient (Wildman–Crippen LogP) is 3.04. The summed E-state index contributed by atoms with van der Waals surface area (Å²) in [5.74, 6) is -0.0880. The largest absolute Gasteiger partial charge is 0.506 e. The van der Waals surface area contributed by atoms with Crippen molar-refractivity contribution in [3.8, 4) is 5.75 Å². The van der Waals surface area contributed by atoms with E-state index in [4.69, 9.17) is 9.47 Å². The van der Waals surface area contributed by atoms with Gasteiger partial charge in [-0.25, -0.2) is 4.79 Å². The van der Waals surface area contributed by atoms with E-state index in [-0.39, 0.29) is 17.9 Å². The molecule has 114 valence electrons. The summed E-state index contributed by atoms with van der Waals surface area (Å²) in [4.78, 5) is 13.1. The van der Waals surface area contributed by atoms with Crippen LogP contribution in [0.2, 0.25) is 0 Å². The van der Waals surface area contributed by atoms with Crippen molar-refractivity contribution in [2.45, 2.75) is 13.8 Å². The molecule has 0 heterocycles. The van der Waals surface area contributed by atoms with Crippen molar-refractivity contribution in [2.24, 2.45) is 0 Å². The first kappa shape index (κ1) is 16.6. The van der Waals surface area contributed by atoms with Gasteiger partial charge in [-0.1, -0.05) is 6.58 Å². The number of esters is 1. The zero-order chi connectivity index (χ0) is 15.8. The summed E-state index contributed by atoms with van der Waals surface area (Å²) in [6.07, 6.45) is 1.41. The number of nitrogens with zero attached hydrogens (tertiary/aromatic N) is 1. The minimum Gasteiger partial charge on any atom is -0.506 e. The lowest BCUT2D eigenvalue weighted by Gasteiger charge is -2.16. The Bertz CT molecular complexity index is 520. The molecule has 21 heavy (non-hydrogen) atoms. The molecule has 0 aliphatic heterocycles. The molecule has 0 aliphatic carbocycles. The number of aliphatic hydroxyl groups excluding tert-OH is 1. The van der Waals surface area contributed by atoms with Gasteiger partial charge in [0.1, 0.15) is 11.5 Å². The molecule has 0 fully saturated rings. The maximum atomic E-state index is 11.5. The molecule has 1 aromatic rings. The Morgan fingerprint density at radius 1 is 1.29 bits per heavy atom. The molecule has 5 heteroatoms. The quantitative estimate of drug-likeness (QED) is 0.362. The molecule has 5 nitrogen and oxygen atoms in total. The first-order valence-electron chi connectivity index (χ1n) is 6.72. The third-order valence-electron chi connectivity index (χ3n) is 2.70. The molecule has 0 spiro atoms. The lowest BCUT2D eigenvalue weighted by molar-refractivity contribution is -0.138. The number of aliphatic hydroxyl groups is 1. The van der Waals surface area contributed by atoms with Crippen molar-refractivity contribution in [1.82, 2.24) is 0 Å². The number of hydrogen-bond donors (Lipinski definition) is 1. The van der Waals surface area contributed by atoms with Crippen molar-refractivity contribution in [3.05, 3.63) is 48.4 Å². The first-order valence-corrected chi connectivity index (χ1v) is 6.72. The monoisotopic (exact) mass is 291 g/mol. The van der Waals surface area contributed by atoms with Gasteiger partial charge in [0, 0.05) is 18.9 Å². The van der Waals surface area contributed by atoms with Crippen LogP contribution in [0.25, 0.3) is 0 Å². The van der Waals surface area contributed by atoms with Crippen LogP contribution in [0.5, 0.6) is 5.75 Å². The van der Waals surface area contributed by atoms with Gasteiger partial charge in [0.25, 0.3) is 0 Å². The van der Waals surface area contributed by atoms with Crippen molar-refractivity contribution >= 4 is 11.7 Å². The summed E-state index contributed by atoms with van der Waals surface area (Å²) in [7, 11) is 1.75. The number of rotatable bonds is 7. The Morgan fingerprint density at radius 2 is 1.90 bits per heavy atom. The standard InChI is InChI=1S/C16H21NO4/c1-5-20-14-9-7-13(8-10-14)17(4)11-15(18)12(3)16(19)21-6-2/h7-11,18H,3,5-6H2,1-2,4H3/b15-11+. The Hall–Kier alpha value is -2.43. The lowest BCUT2D eigenvalue weighted by Crippen LogP contribution is -2.13. The van der Waals surface area contributed by atoms with E-state index in [0.29, 0.717) is 6.61 Å². The van der Waals surface area contributed by atoms with E-state index >= 15 is 0 Å². The summed E-state index contributed by atoms with van der Waals surface area (Å²) in [6.45, 7) is 7.97. The van der Waals surface area contributed by atoms with Gasteiger partial charge in [0.15, 0.2) is 0 Å². The number of ether oxygens (including phenoxy) is 2. The molecule has 1 N–H and O–H groups in total. The Labute approximate surface area is 125 Å². The molecule has 0 saturated heterocycles. The predicted molar refractivity (Wildman–Crippen MR) is 82.5 cm³/mol. The van der Waals surface area contributed by atoms with Gasteiger partial charge < -0.3 is 19.5 Å². The van der Waals surface area contributed by atoms with E-state index in [1.165, 1.54) is 6.20 Å². The molecule has 0 aromatic heterocycles. The van der Waals surface area contributed by atoms with Gasteiger partial charge in [-0.15, -0.1) is 0 Å². The Morgan fingerprint density at radius 3 is 2.43 bits per heavy atom. The zero-order valence-corrected chi connectivity index (χ0v) is 12.6. The highest BCUT2D eigenvalue weighted by molar-refractivity contribution is 5.91. The van der Waals surface area contributed by atoms with Crippen LogP contribution in [0.3, 0.4) is 0 Å². The Kier molecular flexibility index (Phi) is 6.33. The van der Waals surface area contributed by atoms with Crippen LogP contribution in [0, 0.1) is 0 Å². The minimum absolute atomic E-state index is 0.0744. The van der Waals surface area contributed by atoms with Crippen molar-refractivity contribution < 1.29 is 19.4 Å². The van der Waals surface area contributed by atoms with Gasteiger partial charge in [-0.3, -0.25) is 0 Å². The molecule has 0 bridgehead atoms. The van der Waals surface area contributed by atoms with Crippen LogP contribution >= 0.6 is 0 Å². The molecule has 0 aliphatic rings. The average Bonchev–Trinajstić information content (AvgIpc) is 2.47. The average molecular weight is 291 g/mol. The summed E-state index contributed by atoms with van der Waals surface area (Å²) in [6, 6.07) is 7.37. The van der Waals surface area contributed by atoms with Crippen LogP contribution in [-0.4, -0.2) is 31.3 Å². The van der Waals surface area contributed by atoms with Gasteiger partial charge in [0.2, 0.25) is 0 Å². The molecular weight excluding hydrogens is 270 g/mol. The zero-order valence-electron chi connectivity index (χ0n) is 12.6. The smallest absolute Gasteiger partial charge is 0.341 e. The summed E-state index contributed by atoms with van der Waals surface area (Å²) in [5.41, 5.74) is 0.760. The SMILES string of the molecule is C=C(C(=O)OCC)/C(O)=C\N(C)c1ccc(OCC)cc1. The van der Waals surface area contributed by atoms with E-state index in [0.717, 1.165) is 11.4 Å². The summed E-state index contributed by atoms with van der Waals surface area (Å²) >= 11 is 0. The third kappa shape index (κ3) is 4.87. The normalized spacial score (nSPS) is 10.9. The van der Waals surface area contributed by atoms with Crippen LogP contribution in [0.15, 0.2) is 48.4 Å². The number of carbonyl (C=O) groups is 1. The van der Waals surface area contributed by atoms with E-state index in [1.54, 1.807) is 18.9 Å². The van der Waals surface area contributed by atoms with Gasteiger partial charge in [-0.2, -0.15) is 0 Å². The van der Waals surface area contributed by atoms with Crippen LogP contribution < -0.4 is 9.64 Å². The third-order valence-corrected chi connectivity index (χ3v) is 2.70. The van der Waals surface area contributed by atoms with Crippen LogP contribution in [-0.2, 0) is 9.53 Å². The maximum absolute atomic E-state index is 11.5. The first-order chi connectivity index (χ1) is 9.99. The number of hydrogen-bond acceptors (Lipinski definition) is 5. The van der Waals surface area contributed by atoms with Crippen molar-refractivity contribution in [3.63, 3.8) is 0 Å². The Balaban J connectivity index is 2.78. The topological polar surface area (TPSA) is 59.0 Å².